The third-order valence-corrected chi connectivity index (χ3v) is 6.14. The van der Waals surface area contributed by atoms with Crippen molar-refractivity contribution in [3.8, 4) is 0 Å². The van der Waals surface area contributed by atoms with E-state index in [1.807, 2.05) is 13.8 Å². The normalized spacial score (nSPS) is 11.2. The van der Waals surface area contributed by atoms with Crippen LogP contribution in [0.25, 0.3) is 0 Å². The fourth-order valence-corrected chi connectivity index (χ4v) is 4.12. The molecule has 0 aromatic carbocycles. The van der Waals surface area contributed by atoms with Gasteiger partial charge in [-0.25, -0.2) is 0 Å². The highest BCUT2D eigenvalue weighted by Crippen LogP contribution is 2.14. The second-order valence-electron chi connectivity index (χ2n) is 9.98. The molecule has 0 radical (unpaired) electrons. The van der Waals surface area contributed by atoms with Crippen LogP contribution in [0.4, 0.5) is 0 Å². The molecule has 0 unspecified atom stereocenters. The zero-order valence-electron chi connectivity index (χ0n) is 22.5. The lowest BCUT2D eigenvalue weighted by Crippen LogP contribution is -2.10. The van der Waals surface area contributed by atoms with Crippen molar-refractivity contribution in [2.45, 2.75) is 168 Å². The molecule has 0 aliphatic heterocycles. The average molecular weight is 469 g/mol. The molecule has 0 fully saturated rings. The van der Waals surface area contributed by atoms with Crippen LogP contribution in [0.3, 0.4) is 0 Å². The van der Waals surface area contributed by atoms with Gasteiger partial charge in [0.15, 0.2) is 0 Å². The number of ether oxygens (including phenoxy) is 2. The summed E-state index contributed by atoms with van der Waals surface area (Å²) in [6.45, 7) is 6.63. The molecule has 0 aliphatic carbocycles. The Labute approximate surface area is 206 Å². The SMILES string of the molecule is CCCCCCCOC(=O)CCCCCCCCCCCCCCCCCC(=O)OC(C)C. The van der Waals surface area contributed by atoms with E-state index < -0.39 is 0 Å². The van der Waals surface area contributed by atoms with Crippen molar-refractivity contribution in [3.05, 3.63) is 0 Å². The fourth-order valence-electron chi connectivity index (χ4n) is 4.12. The summed E-state index contributed by atoms with van der Waals surface area (Å²) in [5.41, 5.74) is 0. The van der Waals surface area contributed by atoms with Crippen LogP contribution in [-0.4, -0.2) is 24.6 Å². The van der Waals surface area contributed by atoms with Gasteiger partial charge in [0.25, 0.3) is 0 Å². The first kappa shape index (κ1) is 31.9. The molecule has 0 heterocycles. The highest BCUT2D eigenvalue weighted by Gasteiger charge is 2.05. The Morgan fingerprint density at radius 1 is 0.515 bits per heavy atom. The van der Waals surface area contributed by atoms with Gasteiger partial charge in [-0.15, -0.1) is 0 Å². The van der Waals surface area contributed by atoms with Crippen LogP contribution in [0.2, 0.25) is 0 Å². The van der Waals surface area contributed by atoms with E-state index in [9.17, 15) is 9.59 Å². The largest absolute Gasteiger partial charge is 0.466 e. The Kier molecular flexibility index (Phi) is 24.7. The summed E-state index contributed by atoms with van der Waals surface area (Å²) < 4.78 is 10.5. The molecule has 0 aromatic heterocycles. The zero-order chi connectivity index (χ0) is 24.4. The van der Waals surface area contributed by atoms with Gasteiger partial charge in [0.2, 0.25) is 0 Å². The minimum atomic E-state index is -0.0477. The third kappa shape index (κ3) is 27.1. The lowest BCUT2D eigenvalue weighted by molar-refractivity contribution is -0.147. The van der Waals surface area contributed by atoms with E-state index in [0.717, 1.165) is 32.1 Å². The second-order valence-corrected chi connectivity index (χ2v) is 9.98. The molecule has 0 saturated heterocycles. The van der Waals surface area contributed by atoms with Crippen LogP contribution in [0.15, 0.2) is 0 Å². The minimum Gasteiger partial charge on any atom is -0.466 e. The Bertz CT molecular complexity index is 433. The highest BCUT2D eigenvalue weighted by atomic mass is 16.5. The van der Waals surface area contributed by atoms with Crippen molar-refractivity contribution >= 4 is 11.9 Å². The van der Waals surface area contributed by atoms with Gasteiger partial charge in [-0.3, -0.25) is 9.59 Å². The average Bonchev–Trinajstić information content (AvgIpc) is 2.77. The number of hydrogen-bond donors (Lipinski definition) is 0. The van der Waals surface area contributed by atoms with E-state index >= 15 is 0 Å². The predicted octanol–water partition coefficient (Wildman–Crippen LogP) is 9.08. The number of hydrogen-bond acceptors (Lipinski definition) is 4. The third-order valence-electron chi connectivity index (χ3n) is 6.14. The summed E-state index contributed by atoms with van der Waals surface area (Å²) in [6, 6.07) is 0. The number of unbranched alkanes of at least 4 members (excludes halogenated alkanes) is 18. The smallest absolute Gasteiger partial charge is 0.306 e. The number of rotatable bonds is 25. The topological polar surface area (TPSA) is 52.6 Å². The van der Waals surface area contributed by atoms with Gasteiger partial charge < -0.3 is 9.47 Å². The van der Waals surface area contributed by atoms with Crippen LogP contribution in [0, 0.1) is 0 Å². The summed E-state index contributed by atoms with van der Waals surface area (Å²) in [5, 5.41) is 0. The molecule has 0 N–H and O–H groups in total. The number of esters is 2. The zero-order valence-corrected chi connectivity index (χ0v) is 22.5. The Morgan fingerprint density at radius 2 is 0.879 bits per heavy atom. The first-order valence-electron chi connectivity index (χ1n) is 14.4. The van der Waals surface area contributed by atoms with Gasteiger partial charge in [0.05, 0.1) is 12.7 Å². The molecule has 4 nitrogen and oxygen atoms in total. The van der Waals surface area contributed by atoms with Crippen molar-refractivity contribution in [1.29, 1.82) is 0 Å². The van der Waals surface area contributed by atoms with Gasteiger partial charge in [-0.2, -0.15) is 0 Å². The lowest BCUT2D eigenvalue weighted by atomic mass is 10.0. The van der Waals surface area contributed by atoms with Crippen LogP contribution in [-0.2, 0) is 19.1 Å². The molecule has 33 heavy (non-hydrogen) atoms. The summed E-state index contributed by atoms with van der Waals surface area (Å²) in [5.74, 6) is -0.0506. The molecule has 0 aromatic rings. The van der Waals surface area contributed by atoms with Gasteiger partial charge in [-0.05, 0) is 33.1 Å². The van der Waals surface area contributed by atoms with Gasteiger partial charge in [-0.1, -0.05) is 116 Å². The number of carbonyl (C=O) groups is 2. The van der Waals surface area contributed by atoms with E-state index in [4.69, 9.17) is 9.47 Å². The van der Waals surface area contributed by atoms with Crippen molar-refractivity contribution in [3.63, 3.8) is 0 Å². The van der Waals surface area contributed by atoms with E-state index in [1.54, 1.807) is 0 Å². The van der Waals surface area contributed by atoms with E-state index in [1.165, 1.54) is 96.3 Å². The molecular weight excluding hydrogens is 412 g/mol. The fraction of sp³-hybridized carbons (Fsp3) is 0.931. The molecule has 0 saturated carbocycles. The van der Waals surface area contributed by atoms with Crippen molar-refractivity contribution in [2.24, 2.45) is 0 Å². The van der Waals surface area contributed by atoms with Crippen molar-refractivity contribution < 1.29 is 19.1 Å². The van der Waals surface area contributed by atoms with Crippen LogP contribution in [0.5, 0.6) is 0 Å². The summed E-state index contributed by atoms with van der Waals surface area (Å²) in [7, 11) is 0. The maximum atomic E-state index is 11.7. The molecule has 0 spiro atoms. The molecule has 4 heteroatoms. The predicted molar refractivity (Wildman–Crippen MR) is 139 cm³/mol. The van der Waals surface area contributed by atoms with Crippen LogP contribution >= 0.6 is 0 Å². The van der Waals surface area contributed by atoms with E-state index in [2.05, 4.69) is 6.92 Å². The molecule has 0 aliphatic rings. The molecular formula is C29H56O4. The summed E-state index contributed by atoms with van der Waals surface area (Å²) in [4.78, 5) is 23.1. The van der Waals surface area contributed by atoms with Crippen molar-refractivity contribution in [2.75, 3.05) is 6.61 Å². The molecule has 0 amide bonds. The molecule has 0 rings (SSSR count). The van der Waals surface area contributed by atoms with Crippen LogP contribution < -0.4 is 0 Å². The quantitative estimate of drug-likeness (QED) is 0.0990. The van der Waals surface area contributed by atoms with Gasteiger partial charge in [0, 0.05) is 12.8 Å². The maximum Gasteiger partial charge on any atom is 0.306 e. The molecule has 0 bridgehead atoms. The van der Waals surface area contributed by atoms with Crippen molar-refractivity contribution in [1.82, 2.24) is 0 Å². The molecule has 196 valence electrons. The van der Waals surface area contributed by atoms with Gasteiger partial charge in [0.1, 0.15) is 0 Å². The lowest BCUT2D eigenvalue weighted by Gasteiger charge is -2.07. The first-order chi connectivity index (χ1) is 16.1. The van der Waals surface area contributed by atoms with E-state index in [-0.39, 0.29) is 18.0 Å². The Hall–Kier alpha value is -1.06. The summed E-state index contributed by atoms with van der Waals surface area (Å²) in [6.07, 6.45) is 26.0. The second kappa shape index (κ2) is 25.6. The Balaban J connectivity index is 3.17. The standard InChI is InChI=1S/C29H56O4/c1-4-5-6-20-23-26-32-28(30)24-21-18-16-14-12-10-8-7-9-11-13-15-17-19-22-25-29(31)33-27(2)3/h27H,4-26H2,1-3H3. The molecule has 0 atom stereocenters. The van der Waals surface area contributed by atoms with E-state index in [0.29, 0.717) is 19.4 Å². The highest BCUT2D eigenvalue weighted by molar-refractivity contribution is 5.69. The van der Waals surface area contributed by atoms with Crippen LogP contribution in [0.1, 0.15) is 162 Å². The summed E-state index contributed by atoms with van der Waals surface area (Å²) >= 11 is 0. The minimum absolute atomic E-state index is 0.00293. The maximum absolute atomic E-state index is 11.7. The first-order valence-corrected chi connectivity index (χ1v) is 14.4. The van der Waals surface area contributed by atoms with Gasteiger partial charge >= 0.3 is 11.9 Å². The monoisotopic (exact) mass is 468 g/mol. The Morgan fingerprint density at radius 3 is 1.30 bits per heavy atom. The number of carbonyl (C=O) groups excluding carboxylic acids is 2.